The van der Waals surface area contributed by atoms with Crippen molar-refractivity contribution in [3.63, 3.8) is 0 Å². The number of hydrogen-bond donors (Lipinski definition) is 0. The van der Waals surface area contributed by atoms with Gasteiger partial charge < -0.3 is 0 Å². The predicted octanol–water partition coefficient (Wildman–Crippen LogP) is 4.46. The van der Waals surface area contributed by atoms with Gasteiger partial charge in [0.2, 0.25) is 0 Å². The maximum absolute atomic E-state index is 6.16. The smallest absolute Gasteiger partial charge is 0.0438 e. The third kappa shape index (κ3) is 2.12. The van der Waals surface area contributed by atoms with Crippen LogP contribution in [0, 0.1) is 5.41 Å². The molecule has 0 N–H and O–H groups in total. The Hall–Kier alpha value is -0.490. The van der Waals surface area contributed by atoms with E-state index in [4.69, 9.17) is 11.6 Å². The number of benzene rings is 1. The zero-order valence-corrected chi connectivity index (χ0v) is 9.48. The van der Waals surface area contributed by atoms with E-state index in [9.17, 15) is 0 Å². The monoisotopic (exact) mass is 208 g/mol. The van der Waals surface area contributed by atoms with Crippen molar-refractivity contribution in [1.29, 1.82) is 0 Å². The van der Waals surface area contributed by atoms with Gasteiger partial charge in [0, 0.05) is 5.02 Å². The molecule has 0 atom stereocenters. The van der Waals surface area contributed by atoms with Crippen LogP contribution >= 0.6 is 11.6 Å². The average Bonchev–Trinajstić information content (AvgIpc) is 2.57. The summed E-state index contributed by atoms with van der Waals surface area (Å²) in [7, 11) is 0. The Balaban J connectivity index is 2.14. The van der Waals surface area contributed by atoms with Crippen LogP contribution in [0.25, 0.3) is 0 Å². The molecule has 2 rings (SSSR count). The van der Waals surface area contributed by atoms with Gasteiger partial charge in [-0.2, -0.15) is 0 Å². The summed E-state index contributed by atoms with van der Waals surface area (Å²) in [5.41, 5.74) is 1.82. The Labute approximate surface area is 91.3 Å². The molecule has 1 saturated carbocycles. The molecule has 76 valence electrons. The largest absolute Gasteiger partial charge is 0.0840 e. The molecule has 1 fully saturated rings. The molecule has 1 aliphatic rings. The maximum Gasteiger partial charge on any atom is 0.0438 e. The lowest BCUT2D eigenvalue weighted by atomic mass is 9.82. The molecule has 0 bridgehead atoms. The average molecular weight is 209 g/mol. The molecular weight excluding hydrogens is 192 g/mol. The quantitative estimate of drug-likeness (QED) is 0.673. The third-order valence-electron chi connectivity index (χ3n) is 3.39. The molecule has 0 spiro atoms. The molecule has 0 amide bonds. The van der Waals surface area contributed by atoms with Gasteiger partial charge in [0.15, 0.2) is 0 Å². The summed E-state index contributed by atoms with van der Waals surface area (Å²) in [6.45, 7) is 2.39. The van der Waals surface area contributed by atoms with Crippen LogP contribution in [0.5, 0.6) is 0 Å². The summed E-state index contributed by atoms with van der Waals surface area (Å²) in [6, 6.07) is 8.24. The predicted molar refractivity (Wildman–Crippen MR) is 61.7 cm³/mol. The molecule has 0 aromatic heterocycles. The summed E-state index contributed by atoms with van der Waals surface area (Å²) < 4.78 is 0. The second-order valence-electron chi connectivity index (χ2n) is 4.79. The van der Waals surface area contributed by atoms with Crippen LogP contribution in [0.2, 0.25) is 5.02 Å². The SMILES string of the molecule is CC1(Cc2ccccc2Cl)CCCC1. The second-order valence-corrected chi connectivity index (χ2v) is 5.19. The highest BCUT2D eigenvalue weighted by Gasteiger charge is 2.29. The normalized spacial score (nSPS) is 19.9. The lowest BCUT2D eigenvalue weighted by Gasteiger charge is -2.23. The first kappa shape index (κ1) is 10.0. The van der Waals surface area contributed by atoms with Crippen molar-refractivity contribution < 1.29 is 0 Å². The standard InChI is InChI=1S/C13H17Cl/c1-13(8-4-5-9-13)10-11-6-2-3-7-12(11)14/h2-3,6-7H,4-5,8-10H2,1H3. The lowest BCUT2D eigenvalue weighted by Crippen LogP contribution is -2.14. The summed E-state index contributed by atoms with van der Waals surface area (Å²) in [5.74, 6) is 0. The first-order valence-electron chi connectivity index (χ1n) is 5.43. The minimum atomic E-state index is 0.505. The second kappa shape index (κ2) is 3.94. The summed E-state index contributed by atoms with van der Waals surface area (Å²) in [4.78, 5) is 0. The van der Waals surface area contributed by atoms with Crippen LogP contribution in [-0.4, -0.2) is 0 Å². The van der Waals surface area contributed by atoms with Crippen LogP contribution < -0.4 is 0 Å². The van der Waals surface area contributed by atoms with E-state index < -0.39 is 0 Å². The van der Waals surface area contributed by atoms with Gasteiger partial charge in [-0.1, -0.05) is 49.6 Å². The molecule has 0 nitrogen and oxygen atoms in total. The Bertz CT molecular complexity index is 311. The third-order valence-corrected chi connectivity index (χ3v) is 3.75. The van der Waals surface area contributed by atoms with E-state index in [1.165, 1.54) is 31.2 Å². The lowest BCUT2D eigenvalue weighted by molar-refractivity contribution is 0.334. The van der Waals surface area contributed by atoms with Crippen molar-refractivity contribution in [3.05, 3.63) is 34.9 Å². The van der Waals surface area contributed by atoms with E-state index in [0.29, 0.717) is 5.41 Å². The maximum atomic E-state index is 6.16. The molecule has 0 heterocycles. The van der Waals surface area contributed by atoms with Gasteiger partial charge in [-0.3, -0.25) is 0 Å². The fraction of sp³-hybridized carbons (Fsp3) is 0.538. The van der Waals surface area contributed by atoms with Crippen LogP contribution in [-0.2, 0) is 6.42 Å². The molecule has 0 aliphatic heterocycles. The fourth-order valence-electron chi connectivity index (χ4n) is 2.51. The van der Waals surface area contributed by atoms with E-state index in [1.807, 2.05) is 12.1 Å². The highest BCUT2D eigenvalue weighted by molar-refractivity contribution is 6.31. The molecule has 0 radical (unpaired) electrons. The van der Waals surface area contributed by atoms with E-state index in [1.54, 1.807) is 0 Å². The summed E-state index contributed by atoms with van der Waals surface area (Å²) in [5, 5.41) is 0.931. The van der Waals surface area contributed by atoms with Gasteiger partial charge in [-0.25, -0.2) is 0 Å². The molecule has 0 unspecified atom stereocenters. The Morgan fingerprint density at radius 2 is 1.86 bits per heavy atom. The topological polar surface area (TPSA) is 0 Å². The van der Waals surface area contributed by atoms with Gasteiger partial charge in [-0.15, -0.1) is 0 Å². The summed E-state index contributed by atoms with van der Waals surface area (Å²) in [6.07, 6.45) is 6.64. The van der Waals surface area contributed by atoms with E-state index in [-0.39, 0.29) is 0 Å². The number of rotatable bonds is 2. The molecule has 14 heavy (non-hydrogen) atoms. The van der Waals surface area contributed by atoms with Crippen molar-refractivity contribution >= 4 is 11.6 Å². The summed E-state index contributed by atoms with van der Waals surface area (Å²) >= 11 is 6.16. The number of halogens is 1. The van der Waals surface area contributed by atoms with Crippen molar-refractivity contribution in [1.82, 2.24) is 0 Å². The first-order valence-corrected chi connectivity index (χ1v) is 5.81. The first-order chi connectivity index (χ1) is 6.70. The Kier molecular flexibility index (Phi) is 2.83. The molecule has 1 aromatic rings. The van der Waals surface area contributed by atoms with Crippen LogP contribution in [0.3, 0.4) is 0 Å². The minimum Gasteiger partial charge on any atom is -0.0840 e. The highest BCUT2D eigenvalue weighted by Crippen LogP contribution is 2.41. The molecule has 1 aromatic carbocycles. The van der Waals surface area contributed by atoms with E-state index in [0.717, 1.165) is 11.4 Å². The van der Waals surface area contributed by atoms with E-state index >= 15 is 0 Å². The van der Waals surface area contributed by atoms with Crippen LogP contribution in [0.1, 0.15) is 38.2 Å². The fourth-order valence-corrected chi connectivity index (χ4v) is 2.71. The van der Waals surface area contributed by atoms with Gasteiger partial charge >= 0.3 is 0 Å². The van der Waals surface area contributed by atoms with Crippen LogP contribution in [0.15, 0.2) is 24.3 Å². The van der Waals surface area contributed by atoms with Gasteiger partial charge in [0.05, 0.1) is 0 Å². The van der Waals surface area contributed by atoms with Gasteiger partial charge in [0.1, 0.15) is 0 Å². The van der Waals surface area contributed by atoms with Gasteiger partial charge in [0.25, 0.3) is 0 Å². The zero-order valence-electron chi connectivity index (χ0n) is 8.72. The Morgan fingerprint density at radius 1 is 1.21 bits per heavy atom. The minimum absolute atomic E-state index is 0.505. The van der Waals surface area contributed by atoms with Crippen LogP contribution in [0.4, 0.5) is 0 Å². The van der Waals surface area contributed by atoms with Crippen molar-refractivity contribution in [3.8, 4) is 0 Å². The van der Waals surface area contributed by atoms with Crippen molar-refractivity contribution in [2.75, 3.05) is 0 Å². The molecule has 0 saturated heterocycles. The Morgan fingerprint density at radius 3 is 2.50 bits per heavy atom. The van der Waals surface area contributed by atoms with Crippen molar-refractivity contribution in [2.45, 2.75) is 39.0 Å². The highest BCUT2D eigenvalue weighted by atomic mass is 35.5. The molecule has 1 aliphatic carbocycles. The van der Waals surface area contributed by atoms with Crippen molar-refractivity contribution in [2.24, 2.45) is 5.41 Å². The molecule has 1 heteroatoms. The van der Waals surface area contributed by atoms with E-state index in [2.05, 4.69) is 19.1 Å². The molecular formula is C13H17Cl. The zero-order chi connectivity index (χ0) is 10.0. The number of hydrogen-bond acceptors (Lipinski definition) is 0. The van der Waals surface area contributed by atoms with Gasteiger partial charge in [-0.05, 0) is 36.3 Å².